The Labute approximate surface area is 99.0 Å². The van der Waals surface area contributed by atoms with Crippen LogP contribution in [0.2, 0.25) is 0 Å². The van der Waals surface area contributed by atoms with Gasteiger partial charge in [-0.05, 0) is 31.1 Å². The van der Waals surface area contributed by atoms with Gasteiger partial charge in [-0.3, -0.25) is 0 Å². The van der Waals surface area contributed by atoms with Crippen molar-refractivity contribution in [3.8, 4) is 0 Å². The van der Waals surface area contributed by atoms with E-state index in [1.54, 1.807) is 0 Å². The summed E-state index contributed by atoms with van der Waals surface area (Å²) < 4.78 is 4.36. The van der Waals surface area contributed by atoms with E-state index in [-0.39, 0.29) is 6.10 Å². The molecule has 2 fully saturated rings. The number of aliphatic hydroxyl groups excluding tert-OH is 1. The average Bonchev–Trinajstić information content (AvgIpc) is 2.31. The molecule has 2 aliphatic rings. The van der Waals surface area contributed by atoms with Crippen LogP contribution in [0.3, 0.4) is 0 Å². The Bertz CT molecular complexity index is 207. The number of hydrogen-bond acceptors (Lipinski definition) is 2. The quantitative estimate of drug-likeness (QED) is 0.726. The van der Waals surface area contributed by atoms with Gasteiger partial charge in [0.15, 0.2) is 0 Å². The molecule has 0 bridgehead atoms. The lowest BCUT2D eigenvalue weighted by Gasteiger charge is -2.37. The Morgan fingerprint density at radius 2 is 1.56 bits per heavy atom. The van der Waals surface area contributed by atoms with Crippen LogP contribution in [0.25, 0.3) is 0 Å². The minimum Gasteiger partial charge on any atom is -0.474 e. The van der Waals surface area contributed by atoms with E-state index in [9.17, 15) is 5.11 Å². The van der Waals surface area contributed by atoms with Crippen molar-refractivity contribution in [3.63, 3.8) is 0 Å². The molecule has 0 saturated heterocycles. The zero-order chi connectivity index (χ0) is 11.8. The molecule has 0 spiro atoms. The van der Waals surface area contributed by atoms with Crippen LogP contribution in [0, 0.1) is 11.8 Å². The Balaban J connectivity index is 0.000000221. The van der Waals surface area contributed by atoms with Crippen molar-refractivity contribution in [3.05, 3.63) is 25.7 Å². The van der Waals surface area contributed by atoms with Gasteiger partial charge in [0, 0.05) is 0 Å². The lowest BCUT2D eigenvalue weighted by atomic mass is 9.70. The first-order chi connectivity index (χ1) is 7.77. The molecule has 0 radical (unpaired) electrons. The van der Waals surface area contributed by atoms with Crippen LogP contribution in [-0.4, -0.2) is 11.2 Å². The fourth-order valence-electron chi connectivity index (χ4n) is 2.92. The van der Waals surface area contributed by atoms with E-state index in [0.29, 0.717) is 0 Å². The predicted molar refractivity (Wildman–Crippen MR) is 66.8 cm³/mol. The molecular weight excluding hydrogens is 200 g/mol. The fourth-order valence-corrected chi connectivity index (χ4v) is 2.92. The molecule has 0 aromatic rings. The Hall–Kier alpha value is -0.760. The molecule has 2 rings (SSSR count). The first-order valence-corrected chi connectivity index (χ1v) is 6.33. The highest BCUT2D eigenvalue weighted by Gasteiger charge is 2.30. The summed E-state index contributed by atoms with van der Waals surface area (Å²) in [7, 11) is 0. The Morgan fingerprint density at radius 1 is 0.938 bits per heavy atom. The van der Waals surface area contributed by atoms with Crippen molar-refractivity contribution in [2.75, 3.05) is 0 Å². The number of aliphatic hydroxyl groups is 1. The standard InChI is InChI=1S/C10H18O.C4H6O/c11-10-6-5-8-3-1-2-4-9(8)7-10;1-3-5-4-2/h8-11H,1-7H2;3-4H,1-2H2. The van der Waals surface area contributed by atoms with E-state index in [4.69, 9.17) is 0 Å². The van der Waals surface area contributed by atoms with Crippen molar-refractivity contribution in [1.29, 1.82) is 0 Å². The zero-order valence-electron chi connectivity index (χ0n) is 10.1. The van der Waals surface area contributed by atoms with Crippen molar-refractivity contribution < 1.29 is 9.84 Å². The number of fused-ring (bicyclic) bond motifs is 1. The highest BCUT2D eigenvalue weighted by molar-refractivity contribution is 4.82. The van der Waals surface area contributed by atoms with Crippen molar-refractivity contribution >= 4 is 0 Å². The number of ether oxygens (including phenoxy) is 1. The van der Waals surface area contributed by atoms with Gasteiger partial charge in [0.2, 0.25) is 0 Å². The molecule has 2 aliphatic carbocycles. The van der Waals surface area contributed by atoms with Gasteiger partial charge >= 0.3 is 0 Å². The van der Waals surface area contributed by atoms with Gasteiger partial charge in [-0.15, -0.1) is 0 Å². The molecule has 0 aromatic heterocycles. The molecule has 0 aliphatic heterocycles. The van der Waals surface area contributed by atoms with E-state index in [1.165, 1.54) is 44.6 Å². The number of hydrogen-bond donors (Lipinski definition) is 1. The van der Waals surface area contributed by atoms with Gasteiger partial charge in [0.25, 0.3) is 0 Å². The molecule has 92 valence electrons. The molecule has 0 amide bonds. The summed E-state index contributed by atoms with van der Waals surface area (Å²) in [4.78, 5) is 0. The summed E-state index contributed by atoms with van der Waals surface area (Å²) in [5.41, 5.74) is 0. The minimum absolute atomic E-state index is 0.0364. The third-order valence-electron chi connectivity index (χ3n) is 3.70. The molecule has 2 nitrogen and oxygen atoms in total. The molecule has 0 heterocycles. The van der Waals surface area contributed by atoms with Crippen molar-refractivity contribution in [2.24, 2.45) is 11.8 Å². The molecule has 2 saturated carbocycles. The SMILES string of the molecule is C=COC=C.OC1CCC2CCCCC2C1. The second-order valence-corrected chi connectivity index (χ2v) is 4.74. The van der Waals surface area contributed by atoms with Crippen LogP contribution < -0.4 is 0 Å². The van der Waals surface area contributed by atoms with Crippen LogP contribution in [0.1, 0.15) is 44.9 Å². The molecule has 2 heteroatoms. The summed E-state index contributed by atoms with van der Waals surface area (Å²) in [6, 6.07) is 0. The van der Waals surface area contributed by atoms with Gasteiger partial charge in [-0.1, -0.05) is 38.8 Å². The van der Waals surface area contributed by atoms with E-state index >= 15 is 0 Å². The van der Waals surface area contributed by atoms with Gasteiger partial charge in [0.05, 0.1) is 18.6 Å². The highest BCUT2D eigenvalue weighted by atomic mass is 16.5. The Morgan fingerprint density at radius 3 is 2.12 bits per heavy atom. The van der Waals surface area contributed by atoms with Gasteiger partial charge < -0.3 is 9.84 Å². The highest BCUT2D eigenvalue weighted by Crippen LogP contribution is 2.40. The summed E-state index contributed by atoms with van der Waals surface area (Å²) >= 11 is 0. The molecule has 1 N–H and O–H groups in total. The van der Waals surface area contributed by atoms with Crippen molar-refractivity contribution in [2.45, 2.75) is 51.0 Å². The zero-order valence-corrected chi connectivity index (χ0v) is 10.1. The number of rotatable bonds is 2. The minimum atomic E-state index is 0.0364. The molecule has 0 aromatic carbocycles. The van der Waals surface area contributed by atoms with E-state index in [0.717, 1.165) is 24.7 Å². The maximum Gasteiger partial charge on any atom is 0.0829 e. The normalized spacial score (nSPS) is 32.7. The first kappa shape index (κ1) is 13.3. The topological polar surface area (TPSA) is 29.5 Å². The van der Waals surface area contributed by atoms with E-state index in [1.807, 2.05) is 0 Å². The van der Waals surface area contributed by atoms with Crippen LogP contribution in [0.15, 0.2) is 25.7 Å². The lowest BCUT2D eigenvalue weighted by molar-refractivity contribution is 0.0491. The van der Waals surface area contributed by atoms with Gasteiger partial charge in [-0.25, -0.2) is 0 Å². The predicted octanol–water partition coefficient (Wildman–Crippen LogP) is 3.63. The second kappa shape index (κ2) is 7.50. The maximum absolute atomic E-state index is 9.45. The summed E-state index contributed by atoms with van der Waals surface area (Å²) in [5.74, 6) is 1.86. The molecule has 3 atom stereocenters. The maximum atomic E-state index is 9.45. The summed E-state index contributed by atoms with van der Waals surface area (Å²) in [6.07, 6.45) is 11.8. The monoisotopic (exact) mass is 224 g/mol. The van der Waals surface area contributed by atoms with E-state index < -0.39 is 0 Å². The van der Waals surface area contributed by atoms with Crippen LogP contribution in [0.5, 0.6) is 0 Å². The molecule has 16 heavy (non-hydrogen) atoms. The summed E-state index contributed by atoms with van der Waals surface area (Å²) in [6.45, 7) is 6.51. The average molecular weight is 224 g/mol. The summed E-state index contributed by atoms with van der Waals surface area (Å²) in [5, 5.41) is 9.45. The van der Waals surface area contributed by atoms with Gasteiger partial charge in [0.1, 0.15) is 0 Å². The van der Waals surface area contributed by atoms with Crippen LogP contribution in [-0.2, 0) is 4.74 Å². The van der Waals surface area contributed by atoms with Crippen LogP contribution in [0.4, 0.5) is 0 Å². The third-order valence-corrected chi connectivity index (χ3v) is 3.70. The first-order valence-electron chi connectivity index (χ1n) is 6.33. The third kappa shape index (κ3) is 4.40. The lowest BCUT2D eigenvalue weighted by Crippen LogP contribution is -2.29. The second-order valence-electron chi connectivity index (χ2n) is 4.74. The van der Waals surface area contributed by atoms with Crippen LogP contribution >= 0.6 is 0 Å². The molecule has 3 unspecified atom stereocenters. The van der Waals surface area contributed by atoms with E-state index in [2.05, 4.69) is 17.9 Å². The fraction of sp³-hybridized carbons (Fsp3) is 0.714. The Kier molecular flexibility index (Phi) is 6.24. The largest absolute Gasteiger partial charge is 0.474 e. The van der Waals surface area contributed by atoms with Gasteiger partial charge in [-0.2, -0.15) is 0 Å². The van der Waals surface area contributed by atoms with Crippen molar-refractivity contribution in [1.82, 2.24) is 0 Å². The smallest absolute Gasteiger partial charge is 0.0829 e. The molecular formula is C14H24O2.